The van der Waals surface area contributed by atoms with Crippen LogP contribution in [-0.4, -0.2) is 31.7 Å². The minimum atomic E-state index is -0.285. The van der Waals surface area contributed by atoms with Crippen molar-refractivity contribution in [3.63, 3.8) is 0 Å². The van der Waals surface area contributed by atoms with Crippen LogP contribution in [0.15, 0.2) is 24.3 Å². The van der Waals surface area contributed by atoms with Crippen molar-refractivity contribution in [2.45, 2.75) is 0 Å². The Morgan fingerprint density at radius 2 is 2.06 bits per heavy atom. The average molecular weight is 220 g/mol. The molecule has 5 heteroatoms. The Bertz CT molecular complexity index is 395. The standard InChI is InChI=1S/C11H12N2O3/c1-13(15-2)11(14)8-16-10-5-3-9(7-12)4-6-10/h3-6H,8H2,1-2H3. The molecule has 0 aliphatic rings. The van der Waals surface area contributed by atoms with Crippen molar-refractivity contribution in [3.8, 4) is 11.8 Å². The predicted molar refractivity (Wildman–Crippen MR) is 56.4 cm³/mol. The van der Waals surface area contributed by atoms with E-state index >= 15 is 0 Å². The SMILES string of the molecule is CON(C)C(=O)COc1ccc(C#N)cc1. The van der Waals surface area contributed by atoms with Gasteiger partial charge in [0.15, 0.2) is 6.61 Å². The van der Waals surface area contributed by atoms with Crippen LogP contribution < -0.4 is 4.74 Å². The number of benzene rings is 1. The van der Waals surface area contributed by atoms with Crippen molar-refractivity contribution in [1.29, 1.82) is 5.26 Å². The monoisotopic (exact) mass is 220 g/mol. The highest BCUT2D eigenvalue weighted by Crippen LogP contribution is 2.11. The number of nitriles is 1. The molecule has 0 fully saturated rings. The van der Waals surface area contributed by atoms with Crippen molar-refractivity contribution in [1.82, 2.24) is 5.06 Å². The van der Waals surface area contributed by atoms with Crippen LogP contribution in [0.1, 0.15) is 5.56 Å². The molecule has 1 aromatic carbocycles. The molecule has 0 aliphatic carbocycles. The molecule has 0 atom stereocenters. The summed E-state index contributed by atoms with van der Waals surface area (Å²) in [5.74, 6) is 0.253. The van der Waals surface area contributed by atoms with Crippen molar-refractivity contribution >= 4 is 5.91 Å². The molecule has 84 valence electrons. The highest BCUT2D eigenvalue weighted by molar-refractivity contribution is 5.76. The lowest BCUT2D eigenvalue weighted by molar-refractivity contribution is -0.170. The van der Waals surface area contributed by atoms with Crippen molar-refractivity contribution in [3.05, 3.63) is 29.8 Å². The molecular formula is C11H12N2O3. The molecule has 0 spiro atoms. The first kappa shape index (κ1) is 12.0. The van der Waals surface area contributed by atoms with Crippen molar-refractivity contribution < 1.29 is 14.4 Å². The third-order valence-corrected chi connectivity index (χ3v) is 1.97. The Hall–Kier alpha value is -2.06. The van der Waals surface area contributed by atoms with Crippen LogP contribution in [0.3, 0.4) is 0 Å². The Labute approximate surface area is 93.8 Å². The zero-order chi connectivity index (χ0) is 12.0. The number of nitrogens with zero attached hydrogens (tertiary/aromatic N) is 2. The Morgan fingerprint density at radius 1 is 1.44 bits per heavy atom. The number of rotatable bonds is 4. The first-order chi connectivity index (χ1) is 7.67. The van der Waals surface area contributed by atoms with E-state index in [1.807, 2.05) is 6.07 Å². The second-order valence-electron chi connectivity index (χ2n) is 3.00. The van der Waals surface area contributed by atoms with E-state index < -0.39 is 0 Å². The fourth-order valence-electron chi connectivity index (χ4n) is 0.963. The number of hydroxylamine groups is 2. The van der Waals surface area contributed by atoms with Gasteiger partial charge in [-0.15, -0.1) is 0 Å². The largest absolute Gasteiger partial charge is 0.484 e. The van der Waals surface area contributed by atoms with Crippen molar-refractivity contribution in [2.75, 3.05) is 20.8 Å². The zero-order valence-corrected chi connectivity index (χ0v) is 9.14. The van der Waals surface area contributed by atoms with Crippen molar-refractivity contribution in [2.24, 2.45) is 0 Å². The molecule has 1 amide bonds. The maximum Gasteiger partial charge on any atom is 0.283 e. The maximum atomic E-state index is 11.3. The van der Waals surface area contributed by atoms with Crippen LogP contribution in [0.5, 0.6) is 5.75 Å². The molecule has 0 aromatic heterocycles. The normalized spacial score (nSPS) is 9.31. The number of hydrogen-bond acceptors (Lipinski definition) is 4. The van der Waals surface area contributed by atoms with Gasteiger partial charge >= 0.3 is 0 Å². The molecule has 1 aromatic rings. The minimum absolute atomic E-state index is 0.101. The molecule has 1 rings (SSSR count). The summed E-state index contributed by atoms with van der Waals surface area (Å²) < 4.78 is 5.21. The molecule has 0 heterocycles. The van der Waals surface area contributed by atoms with Gasteiger partial charge in [0.05, 0.1) is 18.7 Å². The van der Waals surface area contributed by atoms with E-state index in [-0.39, 0.29) is 12.5 Å². The number of carbonyl (C=O) groups excluding carboxylic acids is 1. The second-order valence-corrected chi connectivity index (χ2v) is 3.00. The molecule has 0 saturated carbocycles. The maximum absolute atomic E-state index is 11.3. The van der Waals surface area contributed by atoms with Gasteiger partial charge in [-0.3, -0.25) is 9.63 Å². The molecular weight excluding hydrogens is 208 g/mol. The summed E-state index contributed by atoms with van der Waals surface area (Å²) in [6, 6.07) is 8.52. The van der Waals surface area contributed by atoms with Gasteiger partial charge in [-0.2, -0.15) is 5.26 Å². The first-order valence-electron chi connectivity index (χ1n) is 4.61. The van der Waals surface area contributed by atoms with Gasteiger partial charge < -0.3 is 4.74 Å². The number of carbonyl (C=O) groups is 1. The lowest BCUT2D eigenvalue weighted by Gasteiger charge is -2.13. The minimum Gasteiger partial charge on any atom is -0.484 e. The summed E-state index contributed by atoms with van der Waals surface area (Å²) in [4.78, 5) is 16.0. The molecule has 0 bridgehead atoms. The molecule has 16 heavy (non-hydrogen) atoms. The van der Waals surface area contributed by atoms with Gasteiger partial charge in [-0.05, 0) is 24.3 Å². The Morgan fingerprint density at radius 3 is 2.56 bits per heavy atom. The summed E-state index contributed by atoms with van der Waals surface area (Å²) in [7, 11) is 2.91. The first-order valence-corrected chi connectivity index (χ1v) is 4.61. The van der Waals surface area contributed by atoms with Gasteiger partial charge in [0.2, 0.25) is 0 Å². The van der Waals surface area contributed by atoms with Gasteiger partial charge in [-0.25, -0.2) is 5.06 Å². The van der Waals surface area contributed by atoms with E-state index in [4.69, 9.17) is 14.8 Å². The fraction of sp³-hybridized carbons (Fsp3) is 0.273. The summed E-state index contributed by atoms with van der Waals surface area (Å²) >= 11 is 0. The van der Waals surface area contributed by atoms with Crippen LogP contribution >= 0.6 is 0 Å². The lowest BCUT2D eigenvalue weighted by Crippen LogP contribution is -2.30. The van der Waals surface area contributed by atoms with E-state index in [0.29, 0.717) is 11.3 Å². The van der Waals surface area contributed by atoms with Crippen LogP contribution in [0.25, 0.3) is 0 Å². The number of likely N-dealkylation sites (N-methyl/N-ethyl adjacent to an activating group) is 1. The molecule has 0 saturated heterocycles. The zero-order valence-electron chi connectivity index (χ0n) is 9.14. The second kappa shape index (κ2) is 5.73. The van der Waals surface area contributed by atoms with E-state index in [0.717, 1.165) is 5.06 Å². The van der Waals surface area contributed by atoms with Crippen LogP contribution in [0.2, 0.25) is 0 Å². The Balaban J connectivity index is 2.49. The highest BCUT2D eigenvalue weighted by atomic mass is 16.7. The summed E-state index contributed by atoms with van der Waals surface area (Å²) in [5.41, 5.74) is 0.549. The van der Waals surface area contributed by atoms with E-state index in [9.17, 15) is 4.79 Å². The summed E-state index contributed by atoms with van der Waals surface area (Å²) in [5, 5.41) is 9.67. The van der Waals surface area contributed by atoms with Gasteiger partial charge in [0, 0.05) is 7.05 Å². The number of hydrogen-bond donors (Lipinski definition) is 0. The summed E-state index contributed by atoms with van der Waals surface area (Å²) in [6.45, 7) is -0.101. The third-order valence-electron chi connectivity index (χ3n) is 1.97. The number of ether oxygens (including phenoxy) is 1. The molecule has 0 aliphatic heterocycles. The van der Waals surface area contributed by atoms with Gasteiger partial charge in [0.1, 0.15) is 5.75 Å². The quantitative estimate of drug-likeness (QED) is 0.709. The van der Waals surface area contributed by atoms with E-state index in [1.54, 1.807) is 24.3 Å². The third kappa shape index (κ3) is 3.26. The highest BCUT2D eigenvalue weighted by Gasteiger charge is 2.08. The fourth-order valence-corrected chi connectivity index (χ4v) is 0.963. The molecule has 5 nitrogen and oxygen atoms in total. The van der Waals surface area contributed by atoms with E-state index in [1.165, 1.54) is 14.2 Å². The molecule has 0 unspecified atom stereocenters. The lowest BCUT2D eigenvalue weighted by atomic mass is 10.2. The molecule has 0 N–H and O–H groups in total. The molecule has 0 radical (unpaired) electrons. The summed E-state index contributed by atoms with van der Waals surface area (Å²) in [6.07, 6.45) is 0. The topological polar surface area (TPSA) is 62.6 Å². The predicted octanol–water partition coefficient (Wildman–Crippen LogP) is 0.957. The van der Waals surface area contributed by atoms with Crippen LogP contribution in [-0.2, 0) is 9.63 Å². The van der Waals surface area contributed by atoms with Crippen LogP contribution in [0, 0.1) is 11.3 Å². The Kier molecular flexibility index (Phi) is 4.30. The smallest absolute Gasteiger partial charge is 0.283 e. The number of amides is 1. The average Bonchev–Trinajstić information content (AvgIpc) is 2.35. The van der Waals surface area contributed by atoms with Crippen LogP contribution in [0.4, 0.5) is 0 Å². The van der Waals surface area contributed by atoms with Gasteiger partial charge in [-0.1, -0.05) is 0 Å². The van der Waals surface area contributed by atoms with Gasteiger partial charge in [0.25, 0.3) is 5.91 Å². The van der Waals surface area contributed by atoms with E-state index in [2.05, 4.69) is 0 Å².